The second-order valence-corrected chi connectivity index (χ2v) is 9.29. The van der Waals surface area contributed by atoms with Gasteiger partial charge in [-0.3, -0.25) is 9.69 Å². The van der Waals surface area contributed by atoms with Crippen molar-refractivity contribution in [1.82, 2.24) is 19.2 Å². The van der Waals surface area contributed by atoms with Crippen molar-refractivity contribution in [3.8, 4) is 5.69 Å². The number of alkyl halides is 1. The second kappa shape index (κ2) is 8.48. The Morgan fingerprint density at radius 2 is 2.10 bits per heavy atom. The number of carbonyl (C=O) groups excluding carboxylic acids is 1. The summed E-state index contributed by atoms with van der Waals surface area (Å²) < 4.78 is 55.7. The SMILES string of the molecule is C=CS(=O)(=O)NC1CCN(c2ccc(-n3ccnc3CN3CCC(F)C3)cc2F)C1=O. The van der Waals surface area contributed by atoms with Gasteiger partial charge in [-0.15, -0.1) is 0 Å². The Labute approximate surface area is 179 Å². The molecular weight excluding hydrogens is 428 g/mol. The van der Waals surface area contributed by atoms with E-state index in [4.69, 9.17) is 0 Å². The van der Waals surface area contributed by atoms with Crippen molar-refractivity contribution in [1.29, 1.82) is 0 Å². The number of rotatable bonds is 7. The second-order valence-electron chi connectivity index (χ2n) is 7.63. The number of nitrogens with zero attached hydrogens (tertiary/aromatic N) is 4. The number of carbonyl (C=O) groups is 1. The molecule has 2 fully saturated rings. The van der Waals surface area contributed by atoms with E-state index in [0.29, 0.717) is 37.6 Å². The van der Waals surface area contributed by atoms with Gasteiger partial charge in [0.25, 0.3) is 0 Å². The maximum Gasteiger partial charge on any atom is 0.245 e. The Morgan fingerprint density at radius 1 is 1.29 bits per heavy atom. The molecule has 2 saturated heterocycles. The van der Waals surface area contributed by atoms with Crippen LogP contribution >= 0.6 is 0 Å². The van der Waals surface area contributed by atoms with Crippen molar-refractivity contribution in [2.45, 2.75) is 31.6 Å². The van der Waals surface area contributed by atoms with E-state index in [-0.39, 0.29) is 18.7 Å². The summed E-state index contributed by atoms with van der Waals surface area (Å²) in [5.41, 5.74) is 0.607. The highest BCUT2D eigenvalue weighted by atomic mass is 32.2. The number of hydrogen-bond donors (Lipinski definition) is 1. The van der Waals surface area contributed by atoms with Gasteiger partial charge in [0, 0.05) is 49.2 Å². The van der Waals surface area contributed by atoms with Crippen LogP contribution in [-0.4, -0.2) is 60.6 Å². The number of sulfonamides is 1. The van der Waals surface area contributed by atoms with Gasteiger partial charge < -0.3 is 9.47 Å². The van der Waals surface area contributed by atoms with Crippen LogP contribution in [0, 0.1) is 5.82 Å². The van der Waals surface area contributed by atoms with Crippen LogP contribution in [-0.2, 0) is 21.4 Å². The first-order valence-corrected chi connectivity index (χ1v) is 11.5. The fourth-order valence-electron chi connectivity index (χ4n) is 3.95. The summed E-state index contributed by atoms with van der Waals surface area (Å²) in [6.45, 7) is 4.85. The van der Waals surface area contributed by atoms with E-state index in [1.54, 1.807) is 23.0 Å². The van der Waals surface area contributed by atoms with Crippen LogP contribution in [0.4, 0.5) is 14.5 Å². The van der Waals surface area contributed by atoms with Gasteiger partial charge in [-0.05, 0) is 25.0 Å². The van der Waals surface area contributed by atoms with Crippen LogP contribution in [0.5, 0.6) is 0 Å². The minimum Gasteiger partial charge on any atom is -0.308 e. The first-order chi connectivity index (χ1) is 14.8. The highest BCUT2D eigenvalue weighted by Gasteiger charge is 2.35. The van der Waals surface area contributed by atoms with Crippen molar-refractivity contribution < 1.29 is 22.0 Å². The Balaban J connectivity index is 1.52. The largest absolute Gasteiger partial charge is 0.308 e. The number of halogens is 2. The summed E-state index contributed by atoms with van der Waals surface area (Å²) in [4.78, 5) is 20.1. The lowest BCUT2D eigenvalue weighted by Crippen LogP contribution is -2.40. The van der Waals surface area contributed by atoms with E-state index >= 15 is 0 Å². The van der Waals surface area contributed by atoms with Gasteiger partial charge in [0.1, 0.15) is 23.9 Å². The molecule has 1 aromatic carbocycles. The Hall–Kier alpha value is -2.63. The lowest BCUT2D eigenvalue weighted by atomic mass is 10.2. The van der Waals surface area contributed by atoms with Crippen LogP contribution in [0.2, 0.25) is 0 Å². The molecule has 2 aromatic rings. The number of anilines is 1. The van der Waals surface area contributed by atoms with Gasteiger partial charge in [-0.2, -0.15) is 4.72 Å². The smallest absolute Gasteiger partial charge is 0.245 e. The molecule has 2 aliphatic heterocycles. The lowest BCUT2D eigenvalue weighted by molar-refractivity contribution is -0.118. The van der Waals surface area contributed by atoms with Crippen LogP contribution in [0.15, 0.2) is 42.6 Å². The molecule has 0 radical (unpaired) electrons. The zero-order valence-corrected chi connectivity index (χ0v) is 17.6. The molecule has 0 bridgehead atoms. The summed E-state index contributed by atoms with van der Waals surface area (Å²) >= 11 is 0. The van der Waals surface area contributed by atoms with E-state index in [9.17, 15) is 22.0 Å². The van der Waals surface area contributed by atoms with Crippen molar-refractivity contribution >= 4 is 21.6 Å². The van der Waals surface area contributed by atoms with Crippen molar-refractivity contribution in [3.05, 3.63) is 54.2 Å². The van der Waals surface area contributed by atoms with E-state index in [0.717, 1.165) is 5.41 Å². The van der Waals surface area contributed by atoms with Gasteiger partial charge in [0.2, 0.25) is 15.9 Å². The molecule has 2 aliphatic rings. The predicted molar refractivity (Wildman–Crippen MR) is 111 cm³/mol. The van der Waals surface area contributed by atoms with Crippen molar-refractivity contribution in [3.63, 3.8) is 0 Å². The molecule has 1 N–H and O–H groups in total. The van der Waals surface area contributed by atoms with Crippen LogP contribution in [0.3, 0.4) is 0 Å². The van der Waals surface area contributed by atoms with Crippen LogP contribution < -0.4 is 9.62 Å². The fourth-order valence-corrected chi connectivity index (χ4v) is 4.67. The summed E-state index contributed by atoms with van der Waals surface area (Å²) in [6, 6.07) is 3.50. The van der Waals surface area contributed by atoms with Crippen LogP contribution in [0.25, 0.3) is 5.69 Å². The number of hydrogen-bond acceptors (Lipinski definition) is 5. The molecule has 2 unspecified atom stereocenters. The lowest BCUT2D eigenvalue weighted by Gasteiger charge is -2.19. The van der Waals surface area contributed by atoms with Gasteiger partial charge in [0.05, 0.1) is 12.2 Å². The van der Waals surface area contributed by atoms with Gasteiger partial charge in [-0.25, -0.2) is 22.2 Å². The normalized spacial score (nSPS) is 22.4. The minimum atomic E-state index is -3.77. The molecule has 3 heterocycles. The summed E-state index contributed by atoms with van der Waals surface area (Å²) in [7, 11) is -3.77. The molecule has 0 saturated carbocycles. The Morgan fingerprint density at radius 3 is 2.77 bits per heavy atom. The molecule has 31 heavy (non-hydrogen) atoms. The number of aromatic nitrogens is 2. The van der Waals surface area contributed by atoms with E-state index in [1.807, 2.05) is 4.90 Å². The average Bonchev–Trinajstić information content (AvgIpc) is 3.44. The summed E-state index contributed by atoms with van der Waals surface area (Å²) in [6.07, 6.45) is 3.19. The summed E-state index contributed by atoms with van der Waals surface area (Å²) in [5, 5.41) is 0.733. The Kier molecular flexibility index (Phi) is 5.91. The zero-order valence-electron chi connectivity index (χ0n) is 16.7. The molecule has 2 atom stereocenters. The number of nitrogens with one attached hydrogen (secondary N) is 1. The molecule has 4 rings (SSSR count). The number of imidazole rings is 1. The molecule has 166 valence electrons. The Bertz CT molecular complexity index is 1100. The van der Waals surface area contributed by atoms with Gasteiger partial charge in [0.15, 0.2) is 0 Å². The first kappa shape index (κ1) is 21.6. The van der Waals surface area contributed by atoms with Crippen LogP contribution in [0.1, 0.15) is 18.7 Å². The quantitative estimate of drug-likeness (QED) is 0.693. The van der Waals surface area contributed by atoms with Crippen molar-refractivity contribution in [2.24, 2.45) is 0 Å². The van der Waals surface area contributed by atoms with E-state index < -0.39 is 34.0 Å². The summed E-state index contributed by atoms with van der Waals surface area (Å²) in [5.74, 6) is -0.463. The average molecular weight is 451 g/mol. The van der Waals surface area contributed by atoms with E-state index in [2.05, 4.69) is 16.3 Å². The predicted octanol–water partition coefficient (Wildman–Crippen LogP) is 1.72. The fraction of sp³-hybridized carbons (Fsp3) is 0.400. The maximum absolute atomic E-state index is 14.9. The number of likely N-dealkylation sites (tertiary alicyclic amines) is 1. The molecule has 1 aromatic heterocycles. The van der Waals surface area contributed by atoms with Crippen molar-refractivity contribution in [2.75, 3.05) is 24.5 Å². The standard InChI is InChI=1S/C20H23F2N5O3S/c1-2-31(29,30)24-17-6-9-27(20(17)28)18-4-3-15(11-16(18)22)26-10-7-23-19(26)13-25-8-5-14(21)12-25/h2-4,7,10-11,14,17,24H,1,5-6,8-9,12-13H2. The first-order valence-electron chi connectivity index (χ1n) is 9.92. The molecule has 11 heteroatoms. The third-order valence-corrected chi connectivity index (χ3v) is 6.58. The zero-order chi connectivity index (χ0) is 22.2. The monoisotopic (exact) mass is 451 g/mol. The maximum atomic E-state index is 14.9. The molecule has 0 aliphatic carbocycles. The topological polar surface area (TPSA) is 87.5 Å². The highest BCUT2D eigenvalue weighted by Crippen LogP contribution is 2.27. The van der Waals surface area contributed by atoms with Gasteiger partial charge in [-0.1, -0.05) is 6.58 Å². The molecule has 8 nitrogen and oxygen atoms in total. The number of benzene rings is 1. The molecule has 0 spiro atoms. The minimum absolute atomic E-state index is 0.0792. The molecule has 1 amide bonds. The molecular formula is C20H23F2N5O3S. The highest BCUT2D eigenvalue weighted by molar-refractivity contribution is 7.92. The third kappa shape index (κ3) is 4.53. The number of amides is 1. The third-order valence-electron chi connectivity index (χ3n) is 5.53. The van der Waals surface area contributed by atoms with E-state index in [1.165, 1.54) is 17.0 Å². The van der Waals surface area contributed by atoms with Gasteiger partial charge >= 0.3 is 0 Å².